The molecule has 0 aromatic rings. The van der Waals surface area contributed by atoms with Crippen LogP contribution in [0.5, 0.6) is 0 Å². The molecular formula is C33H60O9. The van der Waals surface area contributed by atoms with Crippen molar-refractivity contribution < 1.29 is 43.1 Å². The molecule has 0 aliphatic carbocycles. The highest BCUT2D eigenvalue weighted by Crippen LogP contribution is 2.46. The summed E-state index contributed by atoms with van der Waals surface area (Å²) in [6, 6.07) is 0. The maximum absolute atomic E-state index is 12.4. The lowest BCUT2D eigenvalue weighted by atomic mass is 9.73. The number of esters is 1. The van der Waals surface area contributed by atoms with Gasteiger partial charge in [0.05, 0.1) is 48.1 Å². The Kier molecular flexibility index (Phi) is 10.9. The molecule has 13 atom stereocenters. The quantitative estimate of drug-likeness (QED) is 0.327. The van der Waals surface area contributed by atoms with E-state index in [4.69, 9.17) is 33.2 Å². The molecule has 42 heavy (non-hydrogen) atoms. The average Bonchev–Trinajstić information content (AvgIpc) is 3.17. The van der Waals surface area contributed by atoms with E-state index in [2.05, 4.69) is 27.7 Å². The van der Waals surface area contributed by atoms with Crippen LogP contribution >= 0.6 is 0 Å². The van der Waals surface area contributed by atoms with Crippen LogP contribution in [0.3, 0.4) is 0 Å². The van der Waals surface area contributed by atoms with Crippen molar-refractivity contribution in [3.05, 3.63) is 0 Å². The Hall–Kier alpha value is -0.810. The van der Waals surface area contributed by atoms with E-state index >= 15 is 0 Å². The zero-order valence-corrected chi connectivity index (χ0v) is 28.7. The highest BCUT2D eigenvalue weighted by atomic mass is 16.8. The fourth-order valence-corrected chi connectivity index (χ4v) is 7.55. The van der Waals surface area contributed by atoms with Gasteiger partial charge in [-0.25, -0.2) is 0 Å². The van der Waals surface area contributed by atoms with Crippen LogP contribution < -0.4 is 0 Å². The summed E-state index contributed by atoms with van der Waals surface area (Å²) in [5, 5.41) is 12.1. The fraction of sp³-hybridized carbons (Fsp3) is 0.970. The number of hydrogen-bond acceptors (Lipinski definition) is 9. The van der Waals surface area contributed by atoms with Gasteiger partial charge >= 0.3 is 5.97 Å². The smallest absolute Gasteiger partial charge is 0.311 e. The van der Waals surface area contributed by atoms with Crippen LogP contribution in [0, 0.1) is 29.1 Å². The normalized spacial score (nSPS) is 42.0. The van der Waals surface area contributed by atoms with Crippen LogP contribution in [-0.4, -0.2) is 77.8 Å². The molecule has 1 N–H and O–H groups in total. The van der Waals surface area contributed by atoms with Gasteiger partial charge in [-0.05, 0) is 81.1 Å². The number of hydrogen-bond donors (Lipinski definition) is 1. The van der Waals surface area contributed by atoms with Crippen LogP contribution in [0.15, 0.2) is 0 Å². The van der Waals surface area contributed by atoms with Crippen molar-refractivity contribution in [3.63, 3.8) is 0 Å². The molecule has 0 bridgehead atoms. The molecular weight excluding hydrogens is 540 g/mol. The fourth-order valence-electron chi connectivity index (χ4n) is 7.55. The Balaban J connectivity index is 1.76. The Morgan fingerprint density at radius 3 is 2.05 bits per heavy atom. The minimum atomic E-state index is -1.18. The Morgan fingerprint density at radius 2 is 1.48 bits per heavy atom. The lowest BCUT2D eigenvalue weighted by Gasteiger charge is -2.52. The van der Waals surface area contributed by atoms with Crippen molar-refractivity contribution in [3.8, 4) is 0 Å². The van der Waals surface area contributed by atoms with Crippen molar-refractivity contribution in [2.75, 3.05) is 6.61 Å². The lowest BCUT2D eigenvalue weighted by Crippen LogP contribution is -2.62. The minimum Gasteiger partial charge on any atom is -0.465 e. The Morgan fingerprint density at radius 1 is 0.857 bits per heavy atom. The van der Waals surface area contributed by atoms with Crippen molar-refractivity contribution in [1.29, 1.82) is 0 Å². The molecule has 0 amide bonds. The first-order chi connectivity index (χ1) is 19.1. The average molecular weight is 601 g/mol. The molecule has 2 unspecified atom stereocenters. The molecule has 0 aromatic heterocycles. The number of ether oxygens (including phenoxy) is 7. The van der Waals surface area contributed by atoms with Gasteiger partial charge in [-0.15, -0.1) is 0 Å². The molecule has 0 saturated carbocycles. The summed E-state index contributed by atoms with van der Waals surface area (Å²) in [7, 11) is 0. The highest BCUT2D eigenvalue weighted by Gasteiger charge is 2.57. The second-order valence-electron chi connectivity index (χ2n) is 15.2. The number of carbonyl (C=O) groups excluding carboxylic acids is 1. The van der Waals surface area contributed by atoms with Gasteiger partial charge in [-0.2, -0.15) is 0 Å². The molecule has 246 valence electrons. The van der Waals surface area contributed by atoms with E-state index in [9.17, 15) is 9.90 Å². The first kappa shape index (κ1) is 35.7. The first-order valence-corrected chi connectivity index (χ1v) is 16.0. The van der Waals surface area contributed by atoms with Gasteiger partial charge in [0.1, 0.15) is 5.60 Å². The molecule has 0 aromatic carbocycles. The van der Waals surface area contributed by atoms with Gasteiger partial charge in [0.15, 0.2) is 18.4 Å². The van der Waals surface area contributed by atoms with Gasteiger partial charge < -0.3 is 38.3 Å². The van der Waals surface area contributed by atoms with E-state index in [0.717, 1.165) is 6.42 Å². The second-order valence-corrected chi connectivity index (χ2v) is 15.2. The number of aliphatic hydroxyl groups is 1. The standard InChI is InChI=1S/C33H60O9/c1-15-24-33(14,40-23(7)37-24)28-20(4)25(38-22(6)39-28)18(2)16-32(13,35)27-21(5)26(41-31(11,12)42-27)19(3)17-36-29(34)30(8,9)10/h18-28,35H,15-17H2,1-14H3/t18-,19?,20+,21?,22-,23+,24+,25-,26+,27+,28+,32-,33-/m1/s1. The number of carbonyl (C=O) groups is 1. The van der Waals surface area contributed by atoms with Crippen LogP contribution in [-0.2, 0) is 38.0 Å². The van der Waals surface area contributed by atoms with Crippen LogP contribution in [0.25, 0.3) is 0 Å². The lowest BCUT2D eigenvalue weighted by molar-refractivity contribution is -0.354. The molecule has 3 aliphatic heterocycles. The molecule has 9 nitrogen and oxygen atoms in total. The predicted octanol–water partition coefficient (Wildman–Crippen LogP) is 5.84. The molecule has 3 saturated heterocycles. The Labute approximate surface area is 254 Å². The van der Waals surface area contributed by atoms with Gasteiger partial charge in [0.2, 0.25) is 0 Å². The minimum absolute atomic E-state index is 0.00491. The first-order valence-electron chi connectivity index (χ1n) is 16.0. The van der Waals surface area contributed by atoms with E-state index < -0.39 is 34.8 Å². The molecule has 3 fully saturated rings. The second kappa shape index (κ2) is 12.9. The van der Waals surface area contributed by atoms with Crippen molar-refractivity contribution >= 4 is 5.97 Å². The topological polar surface area (TPSA) is 102 Å². The molecule has 3 heterocycles. The third kappa shape index (κ3) is 7.69. The number of rotatable bonds is 9. The van der Waals surface area contributed by atoms with Crippen LogP contribution in [0.2, 0.25) is 0 Å². The predicted molar refractivity (Wildman–Crippen MR) is 159 cm³/mol. The van der Waals surface area contributed by atoms with E-state index in [1.165, 1.54) is 0 Å². The highest BCUT2D eigenvalue weighted by molar-refractivity contribution is 5.75. The summed E-state index contributed by atoms with van der Waals surface area (Å²) in [6.07, 6.45) is -0.708. The SMILES string of the molecule is CC[C@@H]1O[C@H](C)O[C@@]1(C)[C@H]1O[C@H](C)O[C@H]([C@H](C)C[C@@](C)(O)[C@H]2OC(C)(C)O[C@@H](C(C)COC(=O)C(C)(C)C)C2C)[C@@H]1C. The van der Waals surface area contributed by atoms with E-state index in [0.29, 0.717) is 6.42 Å². The summed E-state index contributed by atoms with van der Waals surface area (Å²) in [6.45, 7) is 27.7. The van der Waals surface area contributed by atoms with Gasteiger partial charge in [0.25, 0.3) is 0 Å². The Bertz CT molecular complexity index is 914. The summed E-state index contributed by atoms with van der Waals surface area (Å²) in [5.41, 5.74) is -2.36. The van der Waals surface area contributed by atoms with Crippen molar-refractivity contribution in [1.82, 2.24) is 0 Å². The summed E-state index contributed by atoms with van der Waals surface area (Å²) in [4.78, 5) is 12.4. The van der Waals surface area contributed by atoms with Crippen molar-refractivity contribution in [2.24, 2.45) is 29.1 Å². The summed E-state index contributed by atoms with van der Waals surface area (Å²) in [5.74, 6) is -1.43. The largest absolute Gasteiger partial charge is 0.465 e. The maximum atomic E-state index is 12.4. The third-order valence-corrected chi connectivity index (χ3v) is 9.42. The molecule has 0 spiro atoms. The monoisotopic (exact) mass is 600 g/mol. The zero-order valence-electron chi connectivity index (χ0n) is 28.7. The van der Waals surface area contributed by atoms with Gasteiger partial charge in [-0.1, -0.05) is 34.6 Å². The van der Waals surface area contributed by atoms with E-state index in [-0.39, 0.29) is 67.0 Å². The molecule has 9 heteroatoms. The summed E-state index contributed by atoms with van der Waals surface area (Å²) < 4.78 is 43.6. The van der Waals surface area contributed by atoms with Crippen LogP contribution in [0.4, 0.5) is 0 Å². The van der Waals surface area contributed by atoms with E-state index in [1.54, 1.807) is 0 Å². The summed E-state index contributed by atoms with van der Waals surface area (Å²) >= 11 is 0. The molecule has 0 radical (unpaired) electrons. The van der Waals surface area contributed by atoms with Gasteiger partial charge in [0, 0.05) is 17.8 Å². The maximum Gasteiger partial charge on any atom is 0.311 e. The molecule has 3 aliphatic rings. The van der Waals surface area contributed by atoms with Crippen molar-refractivity contribution in [2.45, 2.75) is 170 Å². The zero-order chi connectivity index (χ0) is 32.0. The third-order valence-electron chi connectivity index (χ3n) is 9.42. The van der Waals surface area contributed by atoms with Crippen LogP contribution in [0.1, 0.15) is 110 Å². The van der Waals surface area contributed by atoms with Gasteiger partial charge in [-0.3, -0.25) is 4.79 Å². The van der Waals surface area contributed by atoms with E-state index in [1.807, 2.05) is 69.2 Å². The molecule has 3 rings (SSSR count).